The summed E-state index contributed by atoms with van der Waals surface area (Å²) >= 11 is 0. The molecule has 0 aliphatic carbocycles. The normalized spacial score (nSPS) is 10.7. The van der Waals surface area contributed by atoms with Gasteiger partial charge in [0, 0.05) is 18.3 Å². The smallest absolute Gasteiger partial charge is 0.224 e. The average molecular weight is 294 g/mol. The van der Waals surface area contributed by atoms with Crippen molar-refractivity contribution in [3.05, 3.63) is 65.9 Å². The van der Waals surface area contributed by atoms with Crippen molar-refractivity contribution >= 4 is 16.8 Å². The van der Waals surface area contributed by atoms with Crippen molar-refractivity contribution < 1.29 is 9.90 Å². The molecule has 4 nitrogen and oxygen atoms in total. The fourth-order valence-electron chi connectivity index (χ4n) is 2.47. The SMILES string of the molecule is O=C(Cc1ccc2[nH]ccc2c1)NCCc1ccc(O)cc1. The minimum Gasteiger partial charge on any atom is -0.508 e. The van der Waals surface area contributed by atoms with E-state index in [1.165, 1.54) is 0 Å². The highest BCUT2D eigenvalue weighted by Crippen LogP contribution is 2.14. The van der Waals surface area contributed by atoms with Gasteiger partial charge in [0.25, 0.3) is 0 Å². The number of rotatable bonds is 5. The van der Waals surface area contributed by atoms with Crippen LogP contribution in [0.3, 0.4) is 0 Å². The summed E-state index contributed by atoms with van der Waals surface area (Å²) in [5, 5.41) is 13.3. The van der Waals surface area contributed by atoms with Gasteiger partial charge in [-0.3, -0.25) is 4.79 Å². The molecule has 3 rings (SSSR count). The van der Waals surface area contributed by atoms with Crippen molar-refractivity contribution in [3.8, 4) is 5.75 Å². The van der Waals surface area contributed by atoms with E-state index in [4.69, 9.17) is 0 Å². The van der Waals surface area contributed by atoms with Crippen LogP contribution in [0.2, 0.25) is 0 Å². The van der Waals surface area contributed by atoms with Crippen molar-refractivity contribution in [1.29, 1.82) is 0 Å². The van der Waals surface area contributed by atoms with E-state index in [0.717, 1.165) is 28.5 Å². The van der Waals surface area contributed by atoms with E-state index in [-0.39, 0.29) is 11.7 Å². The monoisotopic (exact) mass is 294 g/mol. The Morgan fingerprint density at radius 3 is 2.64 bits per heavy atom. The molecule has 0 atom stereocenters. The van der Waals surface area contributed by atoms with E-state index < -0.39 is 0 Å². The Kier molecular flexibility index (Phi) is 4.10. The minimum absolute atomic E-state index is 0.0219. The van der Waals surface area contributed by atoms with Gasteiger partial charge in [-0.2, -0.15) is 0 Å². The maximum atomic E-state index is 12.0. The minimum atomic E-state index is 0.0219. The fraction of sp³-hybridized carbons (Fsp3) is 0.167. The van der Waals surface area contributed by atoms with Gasteiger partial charge in [-0.25, -0.2) is 0 Å². The van der Waals surface area contributed by atoms with Gasteiger partial charge in [0.2, 0.25) is 5.91 Å². The van der Waals surface area contributed by atoms with Gasteiger partial charge in [-0.1, -0.05) is 18.2 Å². The predicted molar refractivity (Wildman–Crippen MR) is 86.8 cm³/mol. The predicted octanol–water partition coefficient (Wildman–Crippen LogP) is 2.77. The molecule has 3 aromatic rings. The molecule has 0 radical (unpaired) electrons. The number of carbonyl (C=O) groups excluding carboxylic acids is 1. The third-order valence-electron chi connectivity index (χ3n) is 3.65. The van der Waals surface area contributed by atoms with Crippen LogP contribution >= 0.6 is 0 Å². The zero-order chi connectivity index (χ0) is 15.4. The largest absolute Gasteiger partial charge is 0.508 e. The molecule has 0 aliphatic rings. The first-order valence-electron chi connectivity index (χ1n) is 7.31. The van der Waals surface area contributed by atoms with E-state index >= 15 is 0 Å². The molecule has 2 aromatic carbocycles. The molecule has 0 saturated carbocycles. The van der Waals surface area contributed by atoms with E-state index in [2.05, 4.69) is 10.3 Å². The van der Waals surface area contributed by atoms with Crippen LogP contribution in [-0.4, -0.2) is 22.5 Å². The second-order valence-electron chi connectivity index (χ2n) is 5.34. The van der Waals surface area contributed by atoms with Gasteiger partial charge in [-0.05, 0) is 53.3 Å². The molecule has 0 aliphatic heterocycles. The van der Waals surface area contributed by atoms with Gasteiger partial charge >= 0.3 is 0 Å². The zero-order valence-corrected chi connectivity index (χ0v) is 12.2. The number of aromatic nitrogens is 1. The molecule has 0 unspecified atom stereocenters. The molecule has 3 N–H and O–H groups in total. The van der Waals surface area contributed by atoms with E-state index in [1.807, 2.05) is 42.6 Å². The highest BCUT2D eigenvalue weighted by Gasteiger charge is 2.04. The summed E-state index contributed by atoms with van der Waals surface area (Å²) < 4.78 is 0. The third-order valence-corrected chi connectivity index (χ3v) is 3.65. The number of nitrogens with one attached hydrogen (secondary N) is 2. The number of benzene rings is 2. The quantitative estimate of drug-likeness (QED) is 0.677. The van der Waals surface area contributed by atoms with Crippen molar-refractivity contribution in [3.63, 3.8) is 0 Å². The second kappa shape index (κ2) is 6.35. The first-order valence-corrected chi connectivity index (χ1v) is 7.31. The van der Waals surface area contributed by atoms with Crippen LogP contribution < -0.4 is 5.32 Å². The first-order chi connectivity index (χ1) is 10.7. The molecule has 22 heavy (non-hydrogen) atoms. The number of hydrogen-bond acceptors (Lipinski definition) is 2. The Hall–Kier alpha value is -2.75. The molecule has 1 aromatic heterocycles. The third kappa shape index (κ3) is 3.47. The number of carbonyl (C=O) groups is 1. The first kappa shape index (κ1) is 14.2. The summed E-state index contributed by atoms with van der Waals surface area (Å²) in [6.07, 6.45) is 3.03. The van der Waals surface area contributed by atoms with Crippen LogP contribution in [0.4, 0.5) is 0 Å². The van der Waals surface area contributed by atoms with Gasteiger partial charge < -0.3 is 15.4 Å². The second-order valence-corrected chi connectivity index (χ2v) is 5.34. The molecule has 4 heteroatoms. The molecule has 112 valence electrons. The van der Waals surface area contributed by atoms with E-state index in [0.29, 0.717) is 13.0 Å². The summed E-state index contributed by atoms with van der Waals surface area (Å²) in [7, 11) is 0. The summed E-state index contributed by atoms with van der Waals surface area (Å²) in [6, 6.07) is 15.0. The summed E-state index contributed by atoms with van der Waals surface area (Å²) in [6.45, 7) is 0.593. The van der Waals surface area contributed by atoms with Crippen LogP contribution in [-0.2, 0) is 17.6 Å². The molecule has 0 spiro atoms. The zero-order valence-electron chi connectivity index (χ0n) is 12.2. The van der Waals surface area contributed by atoms with Crippen molar-refractivity contribution in [1.82, 2.24) is 10.3 Å². The maximum absolute atomic E-state index is 12.0. The van der Waals surface area contributed by atoms with Crippen LogP contribution in [0, 0.1) is 0 Å². The van der Waals surface area contributed by atoms with Crippen molar-refractivity contribution in [2.75, 3.05) is 6.54 Å². The Morgan fingerprint density at radius 1 is 1.05 bits per heavy atom. The molecule has 0 fully saturated rings. The topological polar surface area (TPSA) is 65.1 Å². The van der Waals surface area contributed by atoms with Crippen LogP contribution in [0.15, 0.2) is 54.7 Å². The summed E-state index contributed by atoms with van der Waals surface area (Å²) in [4.78, 5) is 15.1. The lowest BCUT2D eigenvalue weighted by Gasteiger charge is -2.06. The number of hydrogen-bond donors (Lipinski definition) is 3. The Balaban J connectivity index is 1.50. The Bertz CT molecular complexity index is 775. The Morgan fingerprint density at radius 2 is 1.82 bits per heavy atom. The van der Waals surface area contributed by atoms with Gasteiger partial charge in [-0.15, -0.1) is 0 Å². The van der Waals surface area contributed by atoms with Crippen LogP contribution in [0.25, 0.3) is 10.9 Å². The van der Waals surface area contributed by atoms with Gasteiger partial charge in [0.1, 0.15) is 5.75 Å². The molecule has 1 amide bonds. The summed E-state index contributed by atoms with van der Waals surface area (Å²) in [5.74, 6) is 0.279. The van der Waals surface area contributed by atoms with Crippen molar-refractivity contribution in [2.24, 2.45) is 0 Å². The summed E-state index contributed by atoms with van der Waals surface area (Å²) in [5.41, 5.74) is 3.18. The lowest BCUT2D eigenvalue weighted by Crippen LogP contribution is -2.27. The molecule has 1 heterocycles. The average Bonchev–Trinajstić information content (AvgIpc) is 2.97. The molecule has 0 bridgehead atoms. The van der Waals surface area contributed by atoms with Crippen LogP contribution in [0.1, 0.15) is 11.1 Å². The fourth-order valence-corrected chi connectivity index (χ4v) is 2.47. The number of phenolic OH excluding ortho intramolecular Hbond substituents is 1. The molecule has 0 saturated heterocycles. The van der Waals surface area contributed by atoms with Crippen LogP contribution in [0.5, 0.6) is 5.75 Å². The number of aromatic hydroxyl groups is 1. The number of H-pyrrole nitrogens is 1. The lowest BCUT2D eigenvalue weighted by molar-refractivity contribution is -0.120. The Labute approximate surface area is 128 Å². The van der Waals surface area contributed by atoms with E-state index in [1.54, 1.807) is 12.1 Å². The molecular formula is C18H18N2O2. The van der Waals surface area contributed by atoms with E-state index in [9.17, 15) is 9.90 Å². The van der Waals surface area contributed by atoms with Gasteiger partial charge in [0.15, 0.2) is 0 Å². The lowest BCUT2D eigenvalue weighted by atomic mass is 10.1. The molecular weight excluding hydrogens is 276 g/mol. The number of amides is 1. The van der Waals surface area contributed by atoms with Gasteiger partial charge in [0.05, 0.1) is 6.42 Å². The highest BCUT2D eigenvalue weighted by atomic mass is 16.3. The number of phenols is 1. The standard InChI is InChI=1S/C18H18N2O2/c21-16-4-1-13(2-5-16)7-9-20-18(22)12-14-3-6-17-15(11-14)8-10-19-17/h1-6,8,10-11,19,21H,7,9,12H2,(H,20,22). The van der Waals surface area contributed by atoms with Crippen molar-refractivity contribution in [2.45, 2.75) is 12.8 Å². The highest BCUT2D eigenvalue weighted by molar-refractivity contribution is 5.83. The number of fused-ring (bicyclic) bond motifs is 1. The number of aromatic amines is 1. The maximum Gasteiger partial charge on any atom is 0.224 e.